The Morgan fingerprint density at radius 1 is 1.22 bits per heavy atom. The molecular weight excluding hydrogens is 348 g/mol. The molecule has 0 spiro atoms. The Kier molecular flexibility index (Phi) is 5.79. The van der Waals surface area contributed by atoms with Gasteiger partial charge in [-0.05, 0) is 17.0 Å². The maximum atomic E-state index is 13.2. The van der Waals surface area contributed by atoms with Gasteiger partial charge in [-0.2, -0.15) is 0 Å². The number of morpholine rings is 1. The minimum atomic E-state index is -1.07. The monoisotopic (exact) mass is 374 g/mol. The Bertz CT molecular complexity index is 733. The van der Waals surface area contributed by atoms with E-state index < -0.39 is 18.1 Å². The summed E-state index contributed by atoms with van der Waals surface area (Å²) in [6, 6.07) is 7.24. The van der Waals surface area contributed by atoms with Crippen molar-refractivity contribution < 1.29 is 24.2 Å². The van der Waals surface area contributed by atoms with Crippen LogP contribution in [0.25, 0.3) is 0 Å². The summed E-state index contributed by atoms with van der Waals surface area (Å²) in [6.45, 7) is 4.90. The predicted molar refractivity (Wildman–Crippen MR) is 97.9 cm³/mol. The van der Waals surface area contributed by atoms with Crippen molar-refractivity contribution in [2.45, 2.75) is 45.4 Å². The first-order valence-electron chi connectivity index (χ1n) is 9.36. The van der Waals surface area contributed by atoms with Crippen molar-refractivity contribution in [1.82, 2.24) is 9.80 Å². The maximum Gasteiger partial charge on any atom is 0.334 e. The van der Waals surface area contributed by atoms with Gasteiger partial charge in [0.05, 0.1) is 13.2 Å². The Morgan fingerprint density at radius 3 is 2.59 bits per heavy atom. The number of hydrogen-bond acceptors (Lipinski definition) is 4. The van der Waals surface area contributed by atoms with Crippen LogP contribution in [0.5, 0.6) is 0 Å². The molecule has 1 fully saturated rings. The van der Waals surface area contributed by atoms with E-state index in [0.29, 0.717) is 25.9 Å². The number of aliphatic carboxylic acids is 1. The number of carboxylic acids is 1. The van der Waals surface area contributed by atoms with Crippen molar-refractivity contribution in [3.63, 3.8) is 0 Å². The Morgan fingerprint density at radius 2 is 1.93 bits per heavy atom. The van der Waals surface area contributed by atoms with Crippen LogP contribution in [0, 0.1) is 5.92 Å². The maximum absolute atomic E-state index is 13.2. The molecule has 146 valence electrons. The molecule has 0 aliphatic carbocycles. The zero-order chi connectivity index (χ0) is 19.6. The highest BCUT2D eigenvalue weighted by atomic mass is 16.5. The summed E-state index contributed by atoms with van der Waals surface area (Å²) in [7, 11) is 0. The molecule has 0 saturated carbocycles. The highest BCUT2D eigenvalue weighted by Gasteiger charge is 2.39. The summed E-state index contributed by atoms with van der Waals surface area (Å²) in [5.74, 6) is -1.11. The zero-order valence-electron chi connectivity index (χ0n) is 15.8. The van der Waals surface area contributed by atoms with E-state index in [0.717, 1.165) is 11.1 Å². The molecule has 7 nitrogen and oxygen atoms in total. The number of hydrogen-bond donors (Lipinski definition) is 1. The van der Waals surface area contributed by atoms with Crippen LogP contribution >= 0.6 is 0 Å². The van der Waals surface area contributed by atoms with Gasteiger partial charge in [-0.1, -0.05) is 38.1 Å². The third-order valence-corrected chi connectivity index (χ3v) is 5.09. The lowest BCUT2D eigenvalue weighted by molar-refractivity contribution is -0.162. The molecule has 2 heterocycles. The lowest BCUT2D eigenvalue weighted by Crippen LogP contribution is -2.57. The zero-order valence-corrected chi connectivity index (χ0v) is 15.8. The van der Waals surface area contributed by atoms with Gasteiger partial charge in [0.2, 0.25) is 11.8 Å². The molecule has 27 heavy (non-hydrogen) atoms. The molecule has 7 heteroatoms. The van der Waals surface area contributed by atoms with Gasteiger partial charge in [0, 0.05) is 25.9 Å². The number of amides is 2. The first kappa shape index (κ1) is 19.4. The molecule has 2 aliphatic heterocycles. The summed E-state index contributed by atoms with van der Waals surface area (Å²) < 4.78 is 5.22. The Labute approximate surface area is 158 Å². The second kappa shape index (κ2) is 8.08. The van der Waals surface area contributed by atoms with E-state index in [4.69, 9.17) is 4.74 Å². The molecule has 3 rings (SSSR count). The molecule has 2 unspecified atom stereocenters. The third kappa shape index (κ3) is 4.30. The first-order valence-corrected chi connectivity index (χ1v) is 9.36. The van der Waals surface area contributed by atoms with Gasteiger partial charge in [0.25, 0.3) is 0 Å². The topological polar surface area (TPSA) is 87.2 Å². The van der Waals surface area contributed by atoms with Crippen molar-refractivity contribution in [2.24, 2.45) is 5.92 Å². The summed E-state index contributed by atoms with van der Waals surface area (Å²) in [4.78, 5) is 40.5. The largest absolute Gasteiger partial charge is 0.479 e. The molecule has 0 bridgehead atoms. The number of carboxylic acid groups (broad SMARTS) is 1. The van der Waals surface area contributed by atoms with Crippen LogP contribution in [0.3, 0.4) is 0 Å². The molecule has 0 radical (unpaired) electrons. The van der Waals surface area contributed by atoms with Crippen LogP contribution in [0.2, 0.25) is 0 Å². The molecule has 1 N–H and O–H groups in total. The average molecular weight is 374 g/mol. The Hall–Kier alpha value is -2.41. The molecule has 1 saturated heterocycles. The normalized spacial score (nSPS) is 22.5. The minimum absolute atomic E-state index is 0.0124. The number of ether oxygens (including phenoxy) is 1. The highest BCUT2D eigenvalue weighted by Crippen LogP contribution is 2.26. The SMILES string of the molecule is CC(C)CC(=O)N1Cc2ccccc2CC1C(=O)N1CCOC(C(=O)O)C1. The van der Waals surface area contributed by atoms with E-state index in [1.54, 1.807) is 4.90 Å². The quantitative estimate of drug-likeness (QED) is 0.858. The number of carbonyl (C=O) groups excluding carboxylic acids is 2. The highest BCUT2D eigenvalue weighted by molar-refractivity contribution is 5.89. The van der Waals surface area contributed by atoms with Gasteiger partial charge in [0.15, 0.2) is 6.10 Å². The van der Waals surface area contributed by atoms with E-state index in [2.05, 4.69) is 0 Å². The van der Waals surface area contributed by atoms with Crippen LogP contribution in [0.15, 0.2) is 24.3 Å². The number of carbonyl (C=O) groups is 3. The number of benzene rings is 1. The van der Waals surface area contributed by atoms with E-state index >= 15 is 0 Å². The molecule has 2 amide bonds. The van der Waals surface area contributed by atoms with E-state index in [-0.39, 0.29) is 30.9 Å². The summed E-state index contributed by atoms with van der Waals surface area (Å²) in [5.41, 5.74) is 2.12. The van der Waals surface area contributed by atoms with E-state index in [9.17, 15) is 19.5 Å². The molecule has 2 atom stereocenters. The molecule has 0 aromatic heterocycles. The fourth-order valence-electron chi connectivity index (χ4n) is 3.68. The average Bonchev–Trinajstić information content (AvgIpc) is 2.65. The van der Waals surface area contributed by atoms with Gasteiger partial charge >= 0.3 is 5.97 Å². The first-order chi connectivity index (χ1) is 12.9. The van der Waals surface area contributed by atoms with Gasteiger partial charge in [-0.25, -0.2) is 4.79 Å². The van der Waals surface area contributed by atoms with Gasteiger partial charge in [0.1, 0.15) is 6.04 Å². The Balaban J connectivity index is 1.84. The number of rotatable bonds is 4. The van der Waals surface area contributed by atoms with Gasteiger partial charge in [-0.15, -0.1) is 0 Å². The fraction of sp³-hybridized carbons (Fsp3) is 0.550. The van der Waals surface area contributed by atoms with Crippen LogP contribution < -0.4 is 0 Å². The van der Waals surface area contributed by atoms with Crippen LogP contribution in [-0.2, 0) is 32.1 Å². The van der Waals surface area contributed by atoms with E-state index in [1.165, 1.54) is 4.90 Å². The minimum Gasteiger partial charge on any atom is -0.479 e. The van der Waals surface area contributed by atoms with Crippen LogP contribution in [-0.4, -0.2) is 64.5 Å². The number of nitrogens with zero attached hydrogens (tertiary/aromatic N) is 2. The summed E-state index contributed by atoms with van der Waals surface area (Å²) in [5, 5.41) is 9.19. The predicted octanol–water partition coefficient (Wildman–Crippen LogP) is 1.30. The fourth-order valence-corrected chi connectivity index (χ4v) is 3.68. The lowest BCUT2D eigenvalue weighted by atomic mass is 9.92. The second-order valence-electron chi connectivity index (χ2n) is 7.59. The lowest BCUT2D eigenvalue weighted by Gasteiger charge is -2.40. The van der Waals surface area contributed by atoms with Crippen LogP contribution in [0.1, 0.15) is 31.4 Å². The van der Waals surface area contributed by atoms with E-state index in [1.807, 2.05) is 38.1 Å². The summed E-state index contributed by atoms with van der Waals surface area (Å²) >= 11 is 0. The standard InChI is InChI=1S/C20H26N2O5/c1-13(2)9-18(23)22-11-15-6-4-3-5-14(15)10-16(22)19(24)21-7-8-27-17(12-21)20(25)26/h3-6,13,16-17H,7-12H2,1-2H3,(H,25,26). The van der Waals surface area contributed by atoms with Crippen molar-refractivity contribution in [3.8, 4) is 0 Å². The number of fused-ring (bicyclic) bond motifs is 1. The molecule has 1 aromatic carbocycles. The third-order valence-electron chi connectivity index (χ3n) is 5.09. The van der Waals surface area contributed by atoms with Crippen molar-refractivity contribution in [3.05, 3.63) is 35.4 Å². The molecule has 2 aliphatic rings. The van der Waals surface area contributed by atoms with Gasteiger partial charge < -0.3 is 19.6 Å². The van der Waals surface area contributed by atoms with Gasteiger partial charge in [-0.3, -0.25) is 9.59 Å². The van der Waals surface area contributed by atoms with Crippen LogP contribution in [0.4, 0.5) is 0 Å². The smallest absolute Gasteiger partial charge is 0.334 e. The van der Waals surface area contributed by atoms with Crippen molar-refractivity contribution in [1.29, 1.82) is 0 Å². The van der Waals surface area contributed by atoms with Crippen molar-refractivity contribution in [2.75, 3.05) is 19.7 Å². The molecular formula is C20H26N2O5. The van der Waals surface area contributed by atoms with Crippen molar-refractivity contribution >= 4 is 17.8 Å². The summed E-state index contributed by atoms with van der Waals surface area (Å²) in [6.07, 6.45) is -0.181. The second-order valence-corrected chi connectivity index (χ2v) is 7.59. The molecule has 1 aromatic rings.